The molecule has 120 valence electrons. The van der Waals surface area contributed by atoms with Crippen LogP contribution in [0.3, 0.4) is 0 Å². The lowest BCUT2D eigenvalue weighted by Gasteiger charge is -2.14. The molecule has 0 saturated heterocycles. The van der Waals surface area contributed by atoms with Gasteiger partial charge in [-0.15, -0.1) is 0 Å². The Labute approximate surface area is 141 Å². The summed E-state index contributed by atoms with van der Waals surface area (Å²) in [6.45, 7) is 8.71. The number of hydrogen-bond donors (Lipinski definition) is 0. The van der Waals surface area contributed by atoms with Gasteiger partial charge in [0.15, 0.2) is 6.20 Å². The number of aryl methyl sites for hydroxylation is 1. The molecule has 1 aromatic heterocycles. The van der Waals surface area contributed by atoms with Crippen LogP contribution in [0.25, 0.3) is 16.8 Å². The maximum atomic E-state index is 2.31. The normalized spacial score (nSPS) is 13.5. The molecule has 1 atom stereocenters. The van der Waals surface area contributed by atoms with Crippen LogP contribution in [0.5, 0.6) is 0 Å². The summed E-state index contributed by atoms with van der Waals surface area (Å²) < 4.78 is 2.22. The first-order valence-corrected chi connectivity index (χ1v) is 8.50. The molecule has 0 saturated carbocycles. The summed E-state index contributed by atoms with van der Waals surface area (Å²) in [6.07, 6.45) is 9.73. The van der Waals surface area contributed by atoms with Gasteiger partial charge in [-0.3, -0.25) is 0 Å². The number of aromatic nitrogens is 1. The Morgan fingerprint density at radius 3 is 2.57 bits per heavy atom. The summed E-state index contributed by atoms with van der Waals surface area (Å²) in [4.78, 5) is 0. The summed E-state index contributed by atoms with van der Waals surface area (Å²) in [6, 6.07) is 13.3. The van der Waals surface area contributed by atoms with Gasteiger partial charge >= 0.3 is 0 Å². The first-order valence-electron chi connectivity index (χ1n) is 8.50. The highest BCUT2D eigenvalue weighted by Crippen LogP contribution is 2.30. The lowest BCUT2D eigenvalue weighted by atomic mass is 9.91. The van der Waals surface area contributed by atoms with Crippen LogP contribution in [0.1, 0.15) is 51.2 Å². The number of nitrogens with zero attached hydrogens (tertiary/aromatic N) is 1. The number of pyridine rings is 1. The van der Waals surface area contributed by atoms with Gasteiger partial charge in [0.1, 0.15) is 7.05 Å². The summed E-state index contributed by atoms with van der Waals surface area (Å²) in [5, 5.41) is 0. The molecular formula is C22H28N+. The van der Waals surface area contributed by atoms with Gasteiger partial charge in [0.2, 0.25) is 5.69 Å². The minimum Gasteiger partial charge on any atom is -0.201 e. The van der Waals surface area contributed by atoms with Crippen molar-refractivity contribution in [3.8, 4) is 11.3 Å². The van der Waals surface area contributed by atoms with Crippen molar-refractivity contribution in [2.24, 2.45) is 7.05 Å². The standard InChI is InChI=1S/C22H28N/c1-6-11-18(8-3)19-14-15-23(5)22(16-19)21-13-10-9-12-20(21)17(4)7-2/h6,8-17H,7H2,1-5H3/q+1/b11-6-,18-8+. The maximum Gasteiger partial charge on any atom is 0.213 e. The van der Waals surface area contributed by atoms with Crippen molar-refractivity contribution in [3.05, 3.63) is 72.0 Å². The van der Waals surface area contributed by atoms with Gasteiger partial charge < -0.3 is 0 Å². The van der Waals surface area contributed by atoms with Crippen molar-refractivity contribution < 1.29 is 4.57 Å². The fourth-order valence-corrected chi connectivity index (χ4v) is 2.94. The van der Waals surface area contributed by atoms with Gasteiger partial charge in [0, 0.05) is 17.7 Å². The summed E-state index contributed by atoms with van der Waals surface area (Å²) in [5.41, 5.74) is 6.55. The van der Waals surface area contributed by atoms with Gasteiger partial charge in [-0.2, -0.15) is 0 Å². The minimum atomic E-state index is 0.562. The van der Waals surface area contributed by atoms with Crippen LogP contribution >= 0.6 is 0 Å². The van der Waals surface area contributed by atoms with Crippen molar-refractivity contribution >= 4 is 5.57 Å². The van der Waals surface area contributed by atoms with Crippen molar-refractivity contribution in [1.82, 2.24) is 0 Å². The third-order valence-corrected chi connectivity index (χ3v) is 4.52. The second kappa shape index (κ2) is 7.92. The third-order valence-electron chi connectivity index (χ3n) is 4.52. The molecule has 1 unspecified atom stereocenters. The molecule has 0 bridgehead atoms. The quantitative estimate of drug-likeness (QED) is 0.495. The van der Waals surface area contributed by atoms with E-state index in [0.29, 0.717) is 5.92 Å². The van der Waals surface area contributed by atoms with Gasteiger partial charge in [-0.05, 0) is 49.0 Å². The Morgan fingerprint density at radius 2 is 1.91 bits per heavy atom. The van der Waals surface area contributed by atoms with E-state index in [1.165, 1.54) is 28.0 Å². The van der Waals surface area contributed by atoms with E-state index in [1.807, 2.05) is 0 Å². The zero-order valence-electron chi connectivity index (χ0n) is 15.0. The second-order valence-electron chi connectivity index (χ2n) is 6.05. The molecule has 0 N–H and O–H groups in total. The molecule has 1 heterocycles. The predicted molar refractivity (Wildman–Crippen MR) is 100 cm³/mol. The Kier molecular flexibility index (Phi) is 5.92. The largest absolute Gasteiger partial charge is 0.213 e. The van der Waals surface area contributed by atoms with Crippen molar-refractivity contribution in [1.29, 1.82) is 0 Å². The molecule has 2 rings (SSSR count). The molecule has 0 aliphatic heterocycles. The molecule has 1 heteroatoms. The number of allylic oxidation sites excluding steroid dienone is 4. The van der Waals surface area contributed by atoms with Crippen molar-refractivity contribution in [2.75, 3.05) is 0 Å². The first-order chi connectivity index (χ1) is 11.1. The molecule has 0 aliphatic rings. The lowest BCUT2D eigenvalue weighted by Crippen LogP contribution is -2.30. The van der Waals surface area contributed by atoms with Crippen molar-refractivity contribution in [2.45, 2.75) is 40.0 Å². The molecule has 0 radical (unpaired) electrons. The molecule has 23 heavy (non-hydrogen) atoms. The molecule has 0 spiro atoms. The molecule has 1 aromatic carbocycles. The van der Waals surface area contributed by atoms with E-state index in [-0.39, 0.29) is 0 Å². The number of benzene rings is 1. The van der Waals surface area contributed by atoms with Crippen LogP contribution < -0.4 is 4.57 Å². The van der Waals surface area contributed by atoms with Crippen LogP contribution in [-0.4, -0.2) is 0 Å². The number of rotatable bonds is 5. The molecule has 0 aliphatic carbocycles. The van der Waals surface area contributed by atoms with Crippen LogP contribution in [0, 0.1) is 0 Å². The fraction of sp³-hybridized carbons (Fsp3) is 0.318. The van der Waals surface area contributed by atoms with Crippen LogP contribution in [-0.2, 0) is 7.05 Å². The van der Waals surface area contributed by atoms with E-state index in [0.717, 1.165) is 6.42 Å². The van der Waals surface area contributed by atoms with E-state index in [4.69, 9.17) is 0 Å². The van der Waals surface area contributed by atoms with E-state index in [1.54, 1.807) is 0 Å². The fourth-order valence-electron chi connectivity index (χ4n) is 2.94. The highest BCUT2D eigenvalue weighted by Gasteiger charge is 2.17. The highest BCUT2D eigenvalue weighted by molar-refractivity contribution is 5.76. The summed E-state index contributed by atoms with van der Waals surface area (Å²) >= 11 is 0. The van der Waals surface area contributed by atoms with Gasteiger partial charge in [-0.25, -0.2) is 4.57 Å². The smallest absolute Gasteiger partial charge is 0.201 e. The lowest BCUT2D eigenvalue weighted by molar-refractivity contribution is -0.660. The highest BCUT2D eigenvalue weighted by atomic mass is 14.9. The topological polar surface area (TPSA) is 3.88 Å². The van der Waals surface area contributed by atoms with E-state index in [2.05, 4.69) is 100 Å². The van der Waals surface area contributed by atoms with Gasteiger partial charge in [0.25, 0.3) is 0 Å². The first kappa shape index (κ1) is 17.2. The molecular weight excluding hydrogens is 278 g/mol. The zero-order chi connectivity index (χ0) is 16.8. The molecule has 0 amide bonds. The van der Waals surface area contributed by atoms with Crippen LogP contribution in [0.2, 0.25) is 0 Å². The monoisotopic (exact) mass is 306 g/mol. The van der Waals surface area contributed by atoms with Crippen LogP contribution in [0.15, 0.2) is 60.8 Å². The maximum absolute atomic E-state index is 2.31. The SMILES string of the molecule is C/C=C\C(=C/C)c1cc[n+](C)c(-c2ccccc2C(C)CC)c1. The van der Waals surface area contributed by atoms with Gasteiger partial charge in [0.05, 0.1) is 0 Å². The third kappa shape index (κ3) is 3.79. The number of hydrogen-bond acceptors (Lipinski definition) is 0. The van der Waals surface area contributed by atoms with Crippen molar-refractivity contribution in [3.63, 3.8) is 0 Å². The predicted octanol–water partition coefficient (Wildman–Crippen LogP) is 5.67. The zero-order valence-corrected chi connectivity index (χ0v) is 15.0. The Morgan fingerprint density at radius 1 is 1.17 bits per heavy atom. The molecule has 2 aromatic rings. The van der Waals surface area contributed by atoms with E-state index >= 15 is 0 Å². The minimum absolute atomic E-state index is 0.562. The van der Waals surface area contributed by atoms with E-state index in [9.17, 15) is 0 Å². The Hall–Kier alpha value is -2.15. The molecule has 1 nitrogen and oxygen atoms in total. The van der Waals surface area contributed by atoms with Crippen LogP contribution in [0.4, 0.5) is 0 Å². The Balaban J connectivity index is 2.61. The average Bonchev–Trinajstić information content (AvgIpc) is 2.59. The Bertz CT molecular complexity index is 723. The second-order valence-corrected chi connectivity index (χ2v) is 6.05. The molecule has 0 fully saturated rings. The summed E-state index contributed by atoms with van der Waals surface area (Å²) in [7, 11) is 2.12. The average molecular weight is 306 g/mol. The summed E-state index contributed by atoms with van der Waals surface area (Å²) in [5.74, 6) is 0.562. The van der Waals surface area contributed by atoms with E-state index < -0.39 is 0 Å². The van der Waals surface area contributed by atoms with Gasteiger partial charge in [-0.1, -0.05) is 50.3 Å².